The fourth-order valence-electron chi connectivity index (χ4n) is 2.54. The number of hydrogen-bond acceptors (Lipinski definition) is 3. The maximum Gasteiger partial charge on any atom is 0.0594 e. The lowest BCUT2D eigenvalue weighted by Gasteiger charge is -2.44. The molecule has 1 aliphatic heterocycles. The summed E-state index contributed by atoms with van der Waals surface area (Å²) in [6.45, 7) is 12.8. The number of nitrogens with two attached hydrogens (primary N) is 1. The van der Waals surface area contributed by atoms with Gasteiger partial charge in [0.2, 0.25) is 0 Å². The molecule has 0 aromatic rings. The quantitative estimate of drug-likeness (QED) is 0.773. The Balaban J connectivity index is 2.70. The molecule has 1 saturated heterocycles. The van der Waals surface area contributed by atoms with E-state index in [1.54, 1.807) is 0 Å². The smallest absolute Gasteiger partial charge is 0.0594 e. The summed E-state index contributed by atoms with van der Waals surface area (Å²) < 4.78 is 5.39. The van der Waals surface area contributed by atoms with Gasteiger partial charge in [-0.15, -0.1) is 0 Å². The van der Waals surface area contributed by atoms with E-state index in [0.717, 1.165) is 32.7 Å². The van der Waals surface area contributed by atoms with Crippen molar-refractivity contribution >= 4 is 0 Å². The van der Waals surface area contributed by atoms with Gasteiger partial charge in [0.15, 0.2) is 0 Å². The third-order valence-corrected chi connectivity index (χ3v) is 3.20. The highest BCUT2D eigenvalue weighted by atomic mass is 16.5. The lowest BCUT2D eigenvalue weighted by atomic mass is 9.80. The minimum absolute atomic E-state index is 0.243. The van der Waals surface area contributed by atoms with Crippen LogP contribution in [0.1, 0.15) is 34.1 Å². The number of morpholine rings is 1. The van der Waals surface area contributed by atoms with E-state index >= 15 is 0 Å². The Bertz CT molecular complexity index is 183. The minimum atomic E-state index is 0.243. The standard InChI is InChI=1S/C12H26N2O/c1-5-10(13)11(12(2,3)4)14-6-8-15-9-7-14/h10-11H,5-9,13H2,1-4H3. The Kier molecular flexibility index (Phi) is 4.56. The summed E-state index contributed by atoms with van der Waals surface area (Å²) in [5.74, 6) is 0. The van der Waals surface area contributed by atoms with Gasteiger partial charge in [-0.3, -0.25) is 4.90 Å². The molecule has 0 radical (unpaired) electrons. The highest BCUT2D eigenvalue weighted by Crippen LogP contribution is 2.28. The van der Waals surface area contributed by atoms with Gasteiger partial charge in [0.1, 0.15) is 0 Å². The zero-order chi connectivity index (χ0) is 11.5. The minimum Gasteiger partial charge on any atom is -0.379 e. The van der Waals surface area contributed by atoms with Crippen LogP contribution in [0.3, 0.4) is 0 Å². The predicted molar refractivity (Wildman–Crippen MR) is 63.9 cm³/mol. The van der Waals surface area contributed by atoms with Crippen molar-refractivity contribution in [2.75, 3.05) is 26.3 Å². The lowest BCUT2D eigenvalue weighted by molar-refractivity contribution is -0.0187. The van der Waals surface area contributed by atoms with Crippen LogP contribution in [0.4, 0.5) is 0 Å². The Hall–Kier alpha value is -0.120. The van der Waals surface area contributed by atoms with Crippen LogP contribution in [-0.4, -0.2) is 43.3 Å². The van der Waals surface area contributed by atoms with Gasteiger partial charge in [-0.2, -0.15) is 0 Å². The fourth-order valence-corrected chi connectivity index (χ4v) is 2.54. The monoisotopic (exact) mass is 214 g/mol. The molecule has 2 atom stereocenters. The summed E-state index contributed by atoms with van der Waals surface area (Å²) in [6.07, 6.45) is 1.04. The van der Waals surface area contributed by atoms with Crippen molar-refractivity contribution in [1.29, 1.82) is 0 Å². The van der Waals surface area contributed by atoms with E-state index in [2.05, 4.69) is 32.6 Å². The molecule has 2 unspecified atom stereocenters. The molecule has 1 rings (SSSR count). The number of nitrogens with zero attached hydrogens (tertiary/aromatic N) is 1. The van der Waals surface area contributed by atoms with Gasteiger partial charge >= 0.3 is 0 Å². The summed E-state index contributed by atoms with van der Waals surface area (Å²) in [4.78, 5) is 2.50. The van der Waals surface area contributed by atoms with Crippen molar-refractivity contribution in [2.45, 2.75) is 46.2 Å². The van der Waals surface area contributed by atoms with Crippen LogP contribution < -0.4 is 5.73 Å². The van der Waals surface area contributed by atoms with E-state index in [4.69, 9.17) is 10.5 Å². The fraction of sp³-hybridized carbons (Fsp3) is 1.00. The first-order valence-corrected chi connectivity index (χ1v) is 6.04. The largest absolute Gasteiger partial charge is 0.379 e. The maximum absolute atomic E-state index is 6.25. The molecule has 1 aliphatic rings. The average Bonchev–Trinajstić information content (AvgIpc) is 2.17. The van der Waals surface area contributed by atoms with Crippen LogP contribution >= 0.6 is 0 Å². The summed E-state index contributed by atoms with van der Waals surface area (Å²) >= 11 is 0. The van der Waals surface area contributed by atoms with E-state index in [9.17, 15) is 0 Å². The van der Waals surface area contributed by atoms with Crippen molar-refractivity contribution in [3.63, 3.8) is 0 Å². The molecule has 0 amide bonds. The molecule has 1 fully saturated rings. The Morgan fingerprint density at radius 2 is 1.80 bits per heavy atom. The summed E-state index contributed by atoms with van der Waals surface area (Å²) in [5.41, 5.74) is 6.49. The molecular formula is C12H26N2O. The number of rotatable bonds is 3. The van der Waals surface area contributed by atoms with Gasteiger partial charge < -0.3 is 10.5 Å². The first kappa shape index (κ1) is 12.9. The molecule has 1 heterocycles. The second-order valence-electron chi connectivity index (χ2n) is 5.53. The maximum atomic E-state index is 6.25. The van der Waals surface area contributed by atoms with Crippen LogP contribution in [0, 0.1) is 5.41 Å². The third kappa shape index (κ3) is 3.44. The number of hydrogen-bond donors (Lipinski definition) is 1. The Labute approximate surface area is 94.0 Å². The van der Waals surface area contributed by atoms with Crippen molar-refractivity contribution in [1.82, 2.24) is 4.90 Å². The van der Waals surface area contributed by atoms with E-state index < -0.39 is 0 Å². The molecular weight excluding hydrogens is 188 g/mol. The molecule has 90 valence electrons. The molecule has 15 heavy (non-hydrogen) atoms. The first-order chi connectivity index (χ1) is 6.96. The van der Waals surface area contributed by atoms with Gasteiger partial charge in [0.25, 0.3) is 0 Å². The Morgan fingerprint density at radius 3 is 2.20 bits per heavy atom. The zero-order valence-corrected chi connectivity index (χ0v) is 10.6. The second-order valence-corrected chi connectivity index (χ2v) is 5.53. The molecule has 0 spiro atoms. The Morgan fingerprint density at radius 1 is 1.27 bits per heavy atom. The molecule has 0 saturated carbocycles. The van der Waals surface area contributed by atoms with Gasteiger partial charge in [-0.05, 0) is 11.8 Å². The summed E-state index contributed by atoms with van der Waals surface area (Å²) in [7, 11) is 0. The highest BCUT2D eigenvalue weighted by molar-refractivity contribution is 4.91. The second kappa shape index (κ2) is 5.28. The van der Waals surface area contributed by atoms with Crippen molar-refractivity contribution in [2.24, 2.45) is 11.1 Å². The highest BCUT2D eigenvalue weighted by Gasteiger charge is 2.34. The summed E-state index contributed by atoms with van der Waals surface area (Å²) in [5, 5.41) is 0. The van der Waals surface area contributed by atoms with E-state index in [0.29, 0.717) is 6.04 Å². The van der Waals surface area contributed by atoms with Gasteiger partial charge in [-0.25, -0.2) is 0 Å². The molecule has 0 aromatic heterocycles. The van der Waals surface area contributed by atoms with Crippen LogP contribution in [0.5, 0.6) is 0 Å². The predicted octanol–water partition coefficient (Wildman–Crippen LogP) is 1.47. The molecule has 0 aromatic carbocycles. The normalized spacial score (nSPS) is 23.8. The number of ether oxygens (including phenoxy) is 1. The summed E-state index contributed by atoms with van der Waals surface area (Å²) in [6, 6.07) is 0.731. The lowest BCUT2D eigenvalue weighted by Crippen LogP contribution is -2.57. The van der Waals surface area contributed by atoms with E-state index in [1.807, 2.05) is 0 Å². The van der Waals surface area contributed by atoms with Gasteiger partial charge in [-0.1, -0.05) is 27.7 Å². The molecule has 3 heteroatoms. The van der Waals surface area contributed by atoms with E-state index in [1.165, 1.54) is 0 Å². The van der Waals surface area contributed by atoms with Crippen molar-refractivity contribution in [3.8, 4) is 0 Å². The van der Waals surface area contributed by atoms with Crippen LogP contribution in [0.2, 0.25) is 0 Å². The molecule has 0 aliphatic carbocycles. The average molecular weight is 214 g/mol. The third-order valence-electron chi connectivity index (χ3n) is 3.20. The first-order valence-electron chi connectivity index (χ1n) is 6.04. The SMILES string of the molecule is CCC(N)C(N1CCOCC1)C(C)(C)C. The topological polar surface area (TPSA) is 38.5 Å². The van der Waals surface area contributed by atoms with Gasteiger partial charge in [0.05, 0.1) is 13.2 Å². The van der Waals surface area contributed by atoms with Gasteiger partial charge in [0, 0.05) is 25.2 Å². The molecule has 3 nitrogen and oxygen atoms in total. The van der Waals surface area contributed by atoms with Crippen molar-refractivity contribution < 1.29 is 4.74 Å². The van der Waals surface area contributed by atoms with E-state index in [-0.39, 0.29) is 11.5 Å². The van der Waals surface area contributed by atoms with Crippen LogP contribution in [-0.2, 0) is 4.74 Å². The van der Waals surface area contributed by atoms with Crippen molar-refractivity contribution in [3.05, 3.63) is 0 Å². The zero-order valence-electron chi connectivity index (χ0n) is 10.6. The molecule has 2 N–H and O–H groups in total. The van der Waals surface area contributed by atoms with Crippen LogP contribution in [0.25, 0.3) is 0 Å². The van der Waals surface area contributed by atoms with Crippen LogP contribution in [0.15, 0.2) is 0 Å². The molecule has 0 bridgehead atoms.